The van der Waals surface area contributed by atoms with E-state index >= 15 is 0 Å². The topological polar surface area (TPSA) is 38.3 Å². The molecule has 0 spiro atoms. The monoisotopic (exact) mass is 253 g/mol. The van der Waals surface area contributed by atoms with Crippen LogP contribution in [0.2, 0.25) is 0 Å². The van der Waals surface area contributed by atoms with E-state index in [4.69, 9.17) is 4.74 Å². The SMILES string of the molecule is CS(=O)CCCNCC1Cc2ccccc2O1. The fraction of sp³-hybridized carbons (Fsp3) is 0.538. The van der Waals surface area contributed by atoms with E-state index in [0.29, 0.717) is 0 Å². The van der Waals surface area contributed by atoms with Gasteiger partial charge in [0.25, 0.3) is 0 Å². The molecule has 0 aliphatic carbocycles. The van der Waals surface area contributed by atoms with Gasteiger partial charge in [-0.1, -0.05) is 18.2 Å². The first-order valence-electron chi connectivity index (χ1n) is 6.01. The van der Waals surface area contributed by atoms with Crippen molar-refractivity contribution >= 4 is 10.8 Å². The first-order chi connectivity index (χ1) is 8.25. The number of para-hydroxylation sites is 1. The zero-order valence-corrected chi connectivity index (χ0v) is 11.0. The van der Waals surface area contributed by atoms with E-state index in [0.717, 1.165) is 37.4 Å². The first-order valence-corrected chi connectivity index (χ1v) is 7.74. The van der Waals surface area contributed by atoms with Crippen LogP contribution in [0.3, 0.4) is 0 Å². The van der Waals surface area contributed by atoms with Crippen LogP contribution in [0.1, 0.15) is 12.0 Å². The third-order valence-corrected chi connectivity index (χ3v) is 3.73. The van der Waals surface area contributed by atoms with E-state index in [-0.39, 0.29) is 6.10 Å². The summed E-state index contributed by atoms with van der Waals surface area (Å²) in [6.45, 7) is 1.78. The normalized spacial score (nSPS) is 19.7. The van der Waals surface area contributed by atoms with E-state index in [1.165, 1.54) is 5.56 Å². The predicted molar refractivity (Wildman–Crippen MR) is 71.0 cm³/mol. The fourth-order valence-corrected chi connectivity index (χ4v) is 2.58. The molecule has 2 unspecified atom stereocenters. The largest absolute Gasteiger partial charge is 0.488 e. The molecule has 3 nitrogen and oxygen atoms in total. The quantitative estimate of drug-likeness (QED) is 0.778. The number of ether oxygens (including phenoxy) is 1. The van der Waals surface area contributed by atoms with Gasteiger partial charge in [0.15, 0.2) is 0 Å². The Labute approximate surface area is 105 Å². The van der Waals surface area contributed by atoms with Gasteiger partial charge in [-0.15, -0.1) is 0 Å². The zero-order valence-electron chi connectivity index (χ0n) is 10.1. The lowest BCUT2D eigenvalue weighted by Gasteiger charge is -2.11. The van der Waals surface area contributed by atoms with Gasteiger partial charge in [-0.05, 0) is 24.6 Å². The second-order valence-corrected chi connectivity index (χ2v) is 5.94. The lowest BCUT2D eigenvalue weighted by molar-refractivity contribution is 0.228. The van der Waals surface area contributed by atoms with E-state index in [9.17, 15) is 4.21 Å². The molecule has 0 saturated heterocycles. The minimum absolute atomic E-state index is 0.250. The average Bonchev–Trinajstić information content (AvgIpc) is 2.70. The molecule has 2 atom stereocenters. The Morgan fingerprint density at radius 1 is 1.47 bits per heavy atom. The molecule has 1 N–H and O–H groups in total. The molecule has 0 aromatic heterocycles. The summed E-state index contributed by atoms with van der Waals surface area (Å²) < 4.78 is 16.7. The summed E-state index contributed by atoms with van der Waals surface area (Å²) in [6, 6.07) is 8.20. The van der Waals surface area contributed by atoms with Gasteiger partial charge in [0.2, 0.25) is 0 Å². The van der Waals surface area contributed by atoms with E-state index in [2.05, 4.69) is 17.4 Å². The summed E-state index contributed by atoms with van der Waals surface area (Å²) in [5, 5.41) is 3.36. The molecule has 1 aliphatic heterocycles. The fourth-order valence-electron chi connectivity index (χ4n) is 2.03. The lowest BCUT2D eigenvalue weighted by Crippen LogP contribution is -2.31. The predicted octanol–water partition coefficient (Wildman–Crippen LogP) is 1.35. The highest BCUT2D eigenvalue weighted by atomic mass is 32.2. The molecule has 1 heterocycles. The summed E-state index contributed by atoms with van der Waals surface area (Å²) >= 11 is 0. The smallest absolute Gasteiger partial charge is 0.123 e. The number of rotatable bonds is 6. The van der Waals surface area contributed by atoms with E-state index in [1.54, 1.807) is 6.26 Å². The number of benzene rings is 1. The number of fused-ring (bicyclic) bond motifs is 1. The maximum atomic E-state index is 10.9. The van der Waals surface area contributed by atoms with Gasteiger partial charge in [0.05, 0.1) is 0 Å². The number of hydrogen-bond donors (Lipinski definition) is 1. The van der Waals surface area contributed by atoms with Crippen LogP contribution in [0.15, 0.2) is 24.3 Å². The maximum absolute atomic E-state index is 10.9. The molecule has 94 valence electrons. The van der Waals surface area contributed by atoms with Crippen molar-refractivity contribution in [1.29, 1.82) is 0 Å². The van der Waals surface area contributed by atoms with Crippen molar-refractivity contribution in [2.45, 2.75) is 18.9 Å². The summed E-state index contributed by atoms with van der Waals surface area (Å²) in [4.78, 5) is 0. The molecule has 4 heteroatoms. The Balaban J connectivity index is 1.65. The second kappa shape index (κ2) is 6.17. The first kappa shape index (κ1) is 12.6. The van der Waals surface area contributed by atoms with Crippen molar-refractivity contribution in [2.75, 3.05) is 25.1 Å². The van der Waals surface area contributed by atoms with Crippen LogP contribution < -0.4 is 10.1 Å². The highest BCUT2D eigenvalue weighted by molar-refractivity contribution is 7.84. The van der Waals surface area contributed by atoms with Gasteiger partial charge in [0, 0.05) is 35.8 Å². The summed E-state index contributed by atoms with van der Waals surface area (Å²) in [5.74, 6) is 1.80. The van der Waals surface area contributed by atoms with Crippen LogP contribution in [0.4, 0.5) is 0 Å². The van der Waals surface area contributed by atoms with Crippen LogP contribution in [0.5, 0.6) is 5.75 Å². The molecule has 1 aliphatic rings. The third kappa shape index (κ3) is 3.82. The molecule has 0 bridgehead atoms. The molecular formula is C13H19NO2S. The Hall–Kier alpha value is -0.870. The van der Waals surface area contributed by atoms with Gasteiger partial charge in [-0.3, -0.25) is 4.21 Å². The van der Waals surface area contributed by atoms with Crippen LogP contribution >= 0.6 is 0 Å². The molecule has 1 aromatic carbocycles. The Kier molecular flexibility index (Phi) is 4.57. The maximum Gasteiger partial charge on any atom is 0.123 e. The van der Waals surface area contributed by atoms with Gasteiger partial charge in [-0.2, -0.15) is 0 Å². The van der Waals surface area contributed by atoms with Crippen LogP contribution in [-0.4, -0.2) is 35.4 Å². The highest BCUT2D eigenvalue weighted by Crippen LogP contribution is 2.27. The molecule has 0 amide bonds. The number of nitrogens with one attached hydrogen (secondary N) is 1. The summed E-state index contributed by atoms with van der Waals surface area (Å²) in [5.41, 5.74) is 1.30. The molecule has 0 fully saturated rings. The van der Waals surface area contributed by atoms with Gasteiger partial charge >= 0.3 is 0 Å². The van der Waals surface area contributed by atoms with Gasteiger partial charge in [-0.25, -0.2) is 0 Å². The minimum atomic E-state index is -0.675. The van der Waals surface area contributed by atoms with E-state index in [1.807, 2.05) is 12.1 Å². The summed E-state index contributed by atoms with van der Waals surface area (Å²) in [7, 11) is -0.675. The minimum Gasteiger partial charge on any atom is -0.488 e. The summed E-state index contributed by atoms with van der Waals surface area (Å²) in [6.07, 6.45) is 3.95. The molecule has 2 rings (SSSR count). The molecule has 17 heavy (non-hydrogen) atoms. The Morgan fingerprint density at radius 3 is 3.06 bits per heavy atom. The second-order valence-electron chi connectivity index (χ2n) is 4.39. The third-order valence-electron chi connectivity index (χ3n) is 2.87. The highest BCUT2D eigenvalue weighted by Gasteiger charge is 2.21. The average molecular weight is 253 g/mol. The molecular weight excluding hydrogens is 234 g/mol. The van der Waals surface area contributed by atoms with Crippen molar-refractivity contribution in [3.8, 4) is 5.75 Å². The van der Waals surface area contributed by atoms with Crippen LogP contribution in [0.25, 0.3) is 0 Å². The molecule has 1 aromatic rings. The van der Waals surface area contributed by atoms with Crippen molar-refractivity contribution in [3.63, 3.8) is 0 Å². The van der Waals surface area contributed by atoms with Crippen LogP contribution in [-0.2, 0) is 17.2 Å². The zero-order chi connectivity index (χ0) is 12.1. The Morgan fingerprint density at radius 2 is 2.29 bits per heavy atom. The molecule has 0 radical (unpaired) electrons. The molecule has 0 saturated carbocycles. The van der Waals surface area contributed by atoms with Crippen molar-refractivity contribution in [1.82, 2.24) is 5.32 Å². The van der Waals surface area contributed by atoms with Crippen LogP contribution in [0, 0.1) is 0 Å². The standard InChI is InChI=1S/C13H19NO2S/c1-17(15)8-4-7-14-10-12-9-11-5-2-3-6-13(11)16-12/h2-3,5-6,12,14H,4,7-10H2,1H3. The van der Waals surface area contributed by atoms with Gasteiger partial charge in [0.1, 0.15) is 11.9 Å². The van der Waals surface area contributed by atoms with Crippen molar-refractivity contribution in [3.05, 3.63) is 29.8 Å². The number of hydrogen-bond acceptors (Lipinski definition) is 3. The Bertz CT molecular complexity index is 370. The van der Waals surface area contributed by atoms with Crippen molar-refractivity contribution < 1.29 is 8.95 Å². The van der Waals surface area contributed by atoms with E-state index < -0.39 is 10.8 Å². The van der Waals surface area contributed by atoms with Crippen molar-refractivity contribution in [2.24, 2.45) is 0 Å². The lowest BCUT2D eigenvalue weighted by atomic mass is 10.1. The van der Waals surface area contributed by atoms with Gasteiger partial charge < -0.3 is 10.1 Å².